The number of hydrogen-bond donors (Lipinski definition) is 0. The number of carbonyl (C=O) groups excluding carboxylic acids is 1. The average molecular weight is 253 g/mol. The number of nitrogens with zero attached hydrogens (tertiary/aromatic N) is 1. The summed E-state index contributed by atoms with van der Waals surface area (Å²) >= 11 is 0. The first kappa shape index (κ1) is 14.0. The molecule has 1 unspecified atom stereocenters. The van der Waals surface area contributed by atoms with E-state index in [1.54, 1.807) is 6.92 Å². The lowest BCUT2D eigenvalue weighted by molar-refractivity contribution is -0.384. The second-order valence-electron chi connectivity index (χ2n) is 4.17. The van der Waals surface area contributed by atoms with Crippen LogP contribution in [0.4, 0.5) is 10.5 Å². The summed E-state index contributed by atoms with van der Waals surface area (Å²) in [5, 5.41) is 10.4. The van der Waals surface area contributed by atoms with Gasteiger partial charge in [0.25, 0.3) is 5.69 Å². The van der Waals surface area contributed by atoms with E-state index in [1.807, 2.05) is 13.8 Å². The minimum Gasteiger partial charge on any atom is -0.431 e. The van der Waals surface area contributed by atoms with Gasteiger partial charge in [-0.3, -0.25) is 10.1 Å². The van der Waals surface area contributed by atoms with E-state index < -0.39 is 11.1 Å². The Morgan fingerprint density at radius 1 is 1.22 bits per heavy atom. The normalized spacial score (nSPS) is 12.0. The number of hydrogen-bond acceptors (Lipinski definition) is 5. The predicted molar refractivity (Wildman–Crippen MR) is 64.5 cm³/mol. The smallest absolute Gasteiger partial charge is 0.431 e. The SMILES string of the molecule is CC(C)C(C)OC(=O)Oc1ccc([N+](=O)[O-])cc1. The van der Waals surface area contributed by atoms with Gasteiger partial charge in [0, 0.05) is 12.1 Å². The highest BCUT2D eigenvalue weighted by Gasteiger charge is 2.15. The Kier molecular flexibility index (Phi) is 4.65. The summed E-state index contributed by atoms with van der Waals surface area (Å²) in [4.78, 5) is 21.3. The van der Waals surface area contributed by atoms with Gasteiger partial charge in [0.1, 0.15) is 11.9 Å². The van der Waals surface area contributed by atoms with Crippen molar-refractivity contribution in [1.82, 2.24) is 0 Å². The van der Waals surface area contributed by atoms with Crippen LogP contribution in [0.2, 0.25) is 0 Å². The monoisotopic (exact) mass is 253 g/mol. The lowest BCUT2D eigenvalue weighted by Crippen LogP contribution is -2.22. The molecule has 98 valence electrons. The molecule has 0 aliphatic carbocycles. The van der Waals surface area contributed by atoms with E-state index in [1.165, 1.54) is 24.3 Å². The van der Waals surface area contributed by atoms with Crippen molar-refractivity contribution in [2.75, 3.05) is 0 Å². The Labute approximate surface area is 105 Å². The van der Waals surface area contributed by atoms with E-state index in [0.717, 1.165) is 0 Å². The third kappa shape index (κ3) is 4.04. The molecular weight excluding hydrogens is 238 g/mol. The number of rotatable bonds is 4. The maximum absolute atomic E-state index is 11.4. The van der Waals surface area contributed by atoms with Gasteiger partial charge in [0.05, 0.1) is 4.92 Å². The number of carbonyl (C=O) groups is 1. The molecule has 0 aliphatic rings. The third-order valence-corrected chi connectivity index (χ3v) is 2.47. The zero-order valence-electron chi connectivity index (χ0n) is 10.5. The molecule has 6 nitrogen and oxygen atoms in total. The molecule has 1 aromatic rings. The lowest BCUT2D eigenvalue weighted by atomic mass is 10.1. The number of ether oxygens (including phenoxy) is 2. The summed E-state index contributed by atoms with van der Waals surface area (Å²) in [6.07, 6.45) is -1.07. The van der Waals surface area contributed by atoms with Crippen molar-refractivity contribution < 1.29 is 19.2 Å². The van der Waals surface area contributed by atoms with Crippen molar-refractivity contribution >= 4 is 11.8 Å². The van der Waals surface area contributed by atoms with Gasteiger partial charge >= 0.3 is 6.16 Å². The summed E-state index contributed by atoms with van der Waals surface area (Å²) in [6, 6.07) is 5.21. The van der Waals surface area contributed by atoms with Crippen LogP contribution in [-0.4, -0.2) is 17.2 Å². The molecule has 0 amide bonds. The van der Waals surface area contributed by atoms with Crippen LogP contribution in [0.25, 0.3) is 0 Å². The number of nitro benzene ring substituents is 1. The number of benzene rings is 1. The molecule has 0 saturated heterocycles. The first-order chi connectivity index (χ1) is 8.40. The zero-order valence-corrected chi connectivity index (χ0v) is 10.5. The Balaban J connectivity index is 2.57. The van der Waals surface area contributed by atoms with Gasteiger partial charge in [-0.15, -0.1) is 0 Å². The van der Waals surface area contributed by atoms with E-state index in [0.29, 0.717) is 0 Å². The molecule has 0 heterocycles. The first-order valence-electron chi connectivity index (χ1n) is 5.53. The zero-order chi connectivity index (χ0) is 13.7. The average Bonchev–Trinajstić information content (AvgIpc) is 2.29. The fourth-order valence-corrected chi connectivity index (χ4v) is 1.04. The maximum Gasteiger partial charge on any atom is 0.514 e. The van der Waals surface area contributed by atoms with Gasteiger partial charge in [0.15, 0.2) is 0 Å². The Morgan fingerprint density at radius 2 is 1.78 bits per heavy atom. The third-order valence-electron chi connectivity index (χ3n) is 2.47. The fourth-order valence-electron chi connectivity index (χ4n) is 1.04. The molecular formula is C12H15NO5. The predicted octanol–water partition coefficient (Wildman–Crippen LogP) is 3.15. The van der Waals surface area contributed by atoms with Crippen LogP contribution >= 0.6 is 0 Å². The topological polar surface area (TPSA) is 78.7 Å². The molecule has 1 aromatic carbocycles. The lowest BCUT2D eigenvalue weighted by Gasteiger charge is -2.15. The minimum absolute atomic E-state index is 0.0636. The van der Waals surface area contributed by atoms with Crippen LogP contribution in [0, 0.1) is 16.0 Å². The largest absolute Gasteiger partial charge is 0.514 e. The van der Waals surface area contributed by atoms with Crippen molar-refractivity contribution in [2.24, 2.45) is 5.92 Å². The van der Waals surface area contributed by atoms with Crippen LogP contribution in [0.15, 0.2) is 24.3 Å². The molecule has 0 aliphatic heterocycles. The molecule has 0 spiro atoms. The van der Waals surface area contributed by atoms with Gasteiger partial charge in [-0.25, -0.2) is 4.79 Å². The summed E-state index contributed by atoms with van der Waals surface area (Å²) in [5.41, 5.74) is -0.0636. The van der Waals surface area contributed by atoms with Crippen molar-refractivity contribution in [1.29, 1.82) is 0 Å². The molecule has 1 rings (SSSR count). The maximum atomic E-state index is 11.4. The molecule has 0 aromatic heterocycles. The summed E-state index contributed by atoms with van der Waals surface area (Å²) < 4.78 is 9.88. The van der Waals surface area contributed by atoms with E-state index in [4.69, 9.17) is 9.47 Å². The molecule has 0 saturated carbocycles. The van der Waals surface area contributed by atoms with Crippen LogP contribution < -0.4 is 4.74 Å². The van der Waals surface area contributed by atoms with E-state index >= 15 is 0 Å². The fraction of sp³-hybridized carbons (Fsp3) is 0.417. The summed E-state index contributed by atoms with van der Waals surface area (Å²) in [5.74, 6) is 0.399. The van der Waals surface area contributed by atoms with Gasteiger partial charge in [-0.2, -0.15) is 0 Å². The minimum atomic E-state index is -0.815. The quantitative estimate of drug-likeness (QED) is 0.356. The van der Waals surface area contributed by atoms with E-state index in [9.17, 15) is 14.9 Å². The highest BCUT2D eigenvalue weighted by molar-refractivity contribution is 5.64. The Morgan fingerprint density at radius 3 is 2.22 bits per heavy atom. The molecule has 18 heavy (non-hydrogen) atoms. The summed E-state index contributed by atoms with van der Waals surface area (Å²) in [6.45, 7) is 5.61. The van der Waals surface area contributed by atoms with Crippen molar-refractivity contribution in [3.05, 3.63) is 34.4 Å². The van der Waals surface area contributed by atoms with Gasteiger partial charge in [-0.05, 0) is 25.0 Å². The molecule has 0 bridgehead atoms. The molecule has 1 atom stereocenters. The highest BCUT2D eigenvalue weighted by Crippen LogP contribution is 2.18. The second-order valence-corrected chi connectivity index (χ2v) is 4.17. The van der Waals surface area contributed by atoms with Crippen LogP contribution in [-0.2, 0) is 4.74 Å². The van der Waals surface area contributed by atoms with Gasteiger partial charge < -0.3 is 9.47 Å². The van der Waals surface area contributed by atoms with Crippen LogP contribution in [0.1, 0.15) is 20.8 Å². The standard InChI is InChI=1S/C12H15NO5/c1-8(2)9(3)17-12(14)18-11-6-4-10(5-7-11)13(15)16/h4-9H,1-3H3. The highest BCUT2D eigenvalue weighted by atomic mass is 16.7. The van der Waals surface area contributed by atoms with Gasteiger partial charge in [0.2, 0.25) is 0 Å². The Bertz CT molecular complexity index is 427. The first-order valence-corrected chi connectivity index (χ1v) is 5.53. The van der Waals surface area contributed by atoms with Crippen LogP contribution in [0.3, 0.4) is 0 Å². The number of nitro groups is 1. The van der Waals surface area contributed by atoms with Crippen molar-refractivity contribution in [2.45, 2.75) is 26.9 Å². The van der Waals surface area contributed by atoms with Gasteiger partial charge in [-0.1, -0.05) is 13.8 Å². The molecule has 0 fully saturated rings. The molecule has 0 radical (unpaired) electrons. The van der Waals surface area contributed by atoms with Crippen LogP contribution in [0.5, 0.6) is 5.75 Å². The molecule has 6 heteroatoms. The molecule has 0 N–H and O–H groups in total. The summed E-state index contributed by atoms with van der Waals surface area (Å²) in [7, 11) is 0. The van der Waals surface area contributed by atoms with E-state index in [2.05, 4.69) is 0 Å². The van der Waals surface area contributed by atoms with Crippen molar-refractivity contribution in [3.8, 4) is 5.75 Å². The second kappa shape index (κ2) is 6.00. The Hall–Kier alpha value is -2.11. The number of non-ortho nitro benzene ring substituents is 1. The van der Waals surface area contributed by atoms with E-state index in [-0.39, 0.29) is 23.5 Å². The van der Waals surface area contributed by atoms with Crippen molar-refractivity contribution in [3.63, 3.8) is 0 Å².